The lowest BCUT2D eigenvalue weighted by molar-refractivity contribution is 0.170. The number of hydrogen-bond acceptors (Lipinski definition) is 4. The predicted octanol–water partition coefficient (Wildman–Crippen LogP) is 0.876. The van der Waals surface area contributed by atoms with E-state index in [-0.39, 0.29) is 19.3 Å². The summed E-state index contributed by atoms with van der Waals surface area (Å²) in [6.45, 7) is 0.418. The highest BCUT2D eigenvalue weighted by molar-refractivity contribution is 5.80. The van der Waals surface area contributed by atoms with Crippen molar-refractivity contribution in [2.45, 2.75) is 12.6 Å². The van der Waals surface area contributed by atoms with Gasteiger partial charge in [-0.15, -0.1) is 0 Å². The Morgan fingerprint density at radius 1 is 1.19 bits per heavy atom. The zero-order valence-electron chi connectivity index (χ0n) is 8.89. The number of fused-ring (bicyclic) bond motifs is 1. The second-order valence-electron chi connectivity index (χ2n) is 3.70. The second-order valence-corrected chi connectivity index (χ2v) is 3.70. The van der Waals surface area contributed by atoms with Crippen LogP contribution in [0, 0.1) is 0 Å². The molecule has 0 saturated heterocycles. The normalized spacial score (nSPS) is 11.4. The molecule has 0 saturated carbocycles. The number of rotatable bonds is 5. The molecule has 1 heterocycles. The van der Waals surface area contributed by atoms with E-state index in [1.807, 2.05) is 24.3 Å². The molecule has 0 spiro atoms. The van der Waals surface area contributed by atoms with Crippen molar-refractivity contribution in [1.82, 2.24) is 5.32 Å². The summed E-state index contributed by atoms with van der Waals surface area (Å²) < 4.78 is 5.38. The fourth-order valence-electron chi connectivity index (χ4n) is 1.61. The summed E-state index contributed by atoms with van der Waals surface area (Å²) in [6, 6.07) is 7.50. The molecule has 0 aliphatic rings. The topological polar surface area (TPSA) is 65.6 Å². The Bertz CT molecular complexity index is 448. The van der Waals surface area contributed by atoms with Gasteiger partial charge < -0.3 is 19.9 Å². The molecule has 4 nitrogen and oxygen atoms in total. The Morgan fingerprint density at radius 2 is 1.94 bits per heavy atom. The van der Waals surface area contributed by atoms with Gasteiger partial charge in [0.25, 0.3) is 0 Å². The third kappa shape index (κ3) is 2.24. The van der Waals surface area contributed by atoms with E-state index in [1.165, 1.54) is 0 Å². The van der Waals surface area contributed by atoms with Crippen LogP contribution >= 0.6 is 0 Å². The smallest absolute Gasteiger partial charge is 0.134 e. The Kier molecular flexibility index (Phi) is 3.56. The van der Waals surface area contributed by atoms with Gasteiger partial charge in [0.05, 0.1) is 25.5 Å². The highest BCUT2D eigenvalue weighted by atomic mass is 16.3. The number of furan rings is 1. The van der Waals surface area contributed by atoms with Crippen molar-refractivity contribution in [2.24, 2.45) is 0 Å². The molecule has 0 bridgehead atoms. The molecule has 0 aliphatic carbocycles. The first-order valence-corrected chi connectivity index (χ1v) is 5.25. The van der Waals surface area contributed by atoms with Crippen LogP contribution in [0.3, 0.4) is 0 Å². The van der Waals surface area contributed by atoms with E-state index in [9.17, 15) is 0 Å². The van der Waals surface area contributed by atoms with E-state index >= 15 is 0 Å². The van der Waals surface area contributed by atoms with Crippen LogP contribution in [0.1, 0.15) is 5.56 Å². The first-order chi connectivity index (χ1) is 7.85. The molecule has 0 atom stereocenters. The van der Waals surface area contributed by atoms with Gasteiger partial charge in [-0.25, -0.2) is 0 Å². The maximum Gasteiger partial charge on any atom is 0.134 e. The average Bonchev–Trinajstić information content (AvgIpc) is 2.74. The summed E-state index contributed by atoms with van der Waals surface area (Å²) in [5, 5.41) is 22.0. The van der Waals surface area contributed by atoms with Gasteiger partial charge in [-0.3, -0.25) is 0 Å². The number of benzene rings is 1. The van der Waals surface area contributed by atoms with Crippen LogP contribution in [0.4, 0.5) is 0 Å². The van der Waals surface area contributed by atoms with E-state index in [0.717, 1.165) is 16.5 Å². The largest absolute Gasteiger partial charge is 0.464 e. The van der Waals surface area contributed by atoms with Crippen molar-refractivity contribution in [3.8, 4) is 0 Å². The van der Waals surface area contributed by atoms with Gasteiger partial charge in [-0.1, -0.05) is 18.2 Å². The first-order valence-electron chi connectivity index (χ1n) is 5.25. The van der Waals surface area contributed by atoms with E-state index in [0.29, 0.717) is 6.54 Å². The quantitative estimate of drug-likeness (QED) is 0.701. The molecule has 1 aromatic heterocycles. The third-order valence-electron chi connectivity index (χ3n) is 2.58. The summed E-state index contributed by atoms with van der Waals surface area (Å²) >= 11 is 0. The van der Waals surface area contributed by atoms with Crippen LogP contribution in [0.25, 0.3) is 11.0 Å². The lowest BCUT2D eigenvalue weighted by Gasteiger charge is -2.12. The number of para-hydroxylation sites is 1. The first kappa shape index (κ1) is 11.1. The van der Waals surface area contributed by atoms with E-state index in [4.69, 9.17) is 14.6 Å². The van der Waals surface area contributed by atoms with Crippen LogP contribution in [-0.4, -0.2) is 29.5 Å². The molecule has 2 rings (SSSR count). The Hall–Kier alpha value is -1.36. The second kappa shape index (κ2) is 5.12. The molecule has 4 heteroatoms. The highest BCUT2D eigenvalue weighted by Crippen LogP contribution is 2.20. The van der Waals surface area contributed by atoms with Crippen LogP contribution in [0.5, 0.6) is 0 Å². The Labute approximate surface area is 93.5 Å². The number of aliphatic hydroxyl groups is 2. The molecular formula is C12H15NO3. The molecule has 16 heavy (non-hydrogen) atoms. The van der Waals surface area contributed by atoms with E-state index in [1.54, 1.807) is 6.26 Å². The molecule has 3 N–H and O–H groups in total. The Balaban J connectivity index is 2.09. The van der Waals surface area contributed by atoms with Gasteiger partial charge >= 0.3 is 0 Å². The fourth-order valence-corrected chi connectivity index (χ4v) is 1.61. The van der Waals surface area contributed by atoms with Gasteiger partial charge in [-0.05, 0) is 6.07 Å². The maximum absolute atomic E-state index is 8.92. The van der Waals surface area contributed by atoms with Crippen molar-refractivity contribution >= 4 is 11.0 Å². The minimum atomic E-state index is -0.284. The molecule has 0 fully saturated rings. The number of nitrogens with one attached hydrogen (secondary N) is 1. The third-order valence-corrected chi connectivity index (χ3v) is 2.58. The lowest BCUT2D eigenvalue weighted by Crippen LogP contribution is -2.35. The van der Waals surface area contributed by atoms with Gasteiger partial charge in [0.1, 0.15) is 5.58 Å². The average molecular weight is 221 g/mol. The van der Waals surface area contributed by atoms with Gasteiger partial charge in [0.15, 0.2) is 0 Å². The molecular weight excluding hydrogens is 206 g/mol. The lowest BCUT2D eigenvalue weighted by atomic mass is 10.1. The SMILES string of the molecule is OCC(CO)NCc1coc2ccccc12. The van der Waals surface area contributed by atoms with Crippen LogP contribution in [0.15, 0.2) is 34.9 Å². The molecule has 0 amide bonds. The van der Waals surface area contributed by atoms with Crippen molar-refractivity contribution in [3.05, 3.63) is 36.1 Å². The zero-order valence-corrected chi connectivity index (χ0v) is 8.89. The van der Waals surface area contributed by atoms with E-state index in [2.05, 4.69) is 5.32 Å². The van der Waals surface area contributed by atoms with Crippen LogP contribution in [-0.2, 0) is 6.54 Å². The summed E-state index contributed by atoms with van der Waals surface area (Å²) in [4.78, 5) is 0. The van der Waals surface area contributed by atoms with Crippen molar-refractivity contribution in [2.75, 3.05) is 13.2 Å². The van der Waals surface area contributed by atoms with Gasteiger partial charge in [0.2, 0.25) is 0 Å². The molecule has 86 valence electrons. The van der Waals surface area contributed by atoms with Gasteiger partial charge in [-0.2, -0.15) is 0 Å². The molecule has 0 aliphatic heterocycles. The minimum Gasteiger partial charge on any atom is -0.464 e. The van der Waals surface area contributed by atoms with Crippen LogP contribution in [0.2, 0.25) is 0 Å². The molecule has 1 aromatic carbocycles. The number of aliphatic hydroxyl groups excluding tert-OH is 2. The highest BCUT2D eigenvalue weighted by Gasteiger charge is 2.08. The predicted molar refractivity (Wildman–Crippen MR) is 61.0 cm³/mol. The zero-order chi connectivity index (χ0) is 11.4. The van der Waals surface area contributed by atoms with Crippen molar-refractivity contribution < 1.29 is 14.6 Å². The van der Waals surface area contributed by atoms with Crippen molar-refractivity contribution in [1.29, 1.82) is 0 Å². The maximum atomic E-state index is 8.92. The summed E-state index contributed by atoms with van der Waals surface area (Å²) in [6.07, 6.45) is 1.70. The molecule has 0 radical (unpaired) electrons. The van der Waals surface area contributed by atoms with E-state index < -0.39 is 0 Å². The summed E-state index contributed by atoms with van der Waals surface area (Å²) in [5.74, 6) is 0. The minimum absolute atomic E-state index is 0.0771. The summed E-state index contributed by atoms with van der Waals surface area (Å²) in [7, 11) is 0. The standard InChI is InChI=1S/C12H15NO3/c14-6-10(7-15)13-5-9-8-16-12-4-2-1-3-11(9)12/h1-4,8,10,13-15H,5-7H2. The fraction of sp³-hybridized carbons (Fsp3) is 0.333. The monoisotopic (exact) mass is 221 g/mol. The summed E-state index contributed by atoms with van der Waals surface area (Å²) in [5.41, 5.74) is 1.88. The Morgan fingerprint density at radius 3 is 2.69 bits per heavy atom. The number of hydrogen-bond donors (Lipinski definition) is 3. The molecule has 0 unspecified atom stereocenters. The van der Waals surface area contributed by atoms with Gasteiger partial charge in [0, 0.05) is 17.5 Å². The molecule has 2 aromatic rings. The van der Waals surface area contributed by atoms with Crippen molar-refractivity contribution in [3.63, 3.8) is 0 Å². The van der Waals surface area contributed by atoms with Crippen LogP contribution < -0.4 is 5.32 Å².